The zero-order valence-corrected chi connectivity index (χ0v) is 5.62. The smallest absolute Gasteiger partial charge is 0.235 e. The van der Waals surface area contributed by atoms with E-state index in [1.54, 1.807) is 6.08 Å². The average Bonchev–Trinajstić information content (AvgIpc) is 2.69. The molecule has 1 saturated heterocycles. The minimum atomic E-state index is -0.0463. The molecule has 3 nitrogen and oxygen atoms in total. The normalized spacial score (nSPS) is 24.6. The highest BCUT2D eigenvalue weighted by molar-refractivity contribution is 5.34. The van der Waals surface area contributed by atoms with Crippen molar-refractivity contribution in [2.45, 2.75) is 18.6 Å². The lowest BCUT2D eigenvalue weighted by Gasteiger charge is -2.00. The van der Waals surface area contributed by atoms with Gasteiger partial charge in [-0.2, -0.15) is 4.99 Å². The Bertz CT molecular complexity index is 168. The fourth-order valence-corrected chi connectivity index (χ4v) is 0.804. The third-order valence-corrected chi connectivity index (χ3v) is 1.41. The summed E-state index contributed by atoms with van der Waals surface area (Å²) in [5, 5.41) is 0. The van der Waals surface area contributed by atoms with E-state index >= 15 is 0 Å². The van der Waals surface area contributed by atoms with Crippen molar-refractivity contribution < 1.29 is 9.53 Å². The van der Waals surface area contributed by atoms with Gasteiger partial charge in [0.05, 0.1) is 12.6 Å². The number of epoxide rings is 1. The Morgan fingerprint density at radius 3 is 3.10 bits per heavy atom. The molecular weight excluding hydrogens is 130 g/mol. The van der Waals surface area contributed by atoms with Crippen molar-refractivity contribution in [2.24, 2.45) is 4.99 Å². The van der Waals surface area contributed by atoms with Crippen molar-refractivity contribution in [1.82, 2.24) is 0 Å². The van der Waals surface area contributed by atoms with Gasteiger partial charge >= 0.3 is 0 Å². The van der Waals surface area contributed by atoms with Crippen LogP contribution in [-0.2, 0) is 9.53 Å². The third kappa shape index (κ3) is 1.79. The minimum absolute atomic E-state index is 0.0463. The highest BCUT2D eigenvalue weighted by atomic mass is 16.6. The van der Waals surface area contributed by atoms with Crippen LogP contribution in [0.4, 0.5) is 0 Å². The van der Waals surface area contributed by atoms with Gasteiger partial charge in [-0.15, -0.1) is 6.58 Å². The van der Waals surface area contributed by atoms with Crippen LogP contribution in [0, 0.1) is 0 Å². The lowest BCUT2D eigenvalue weighted by atomic mass is 10.1. The van der Waals surface area contributed by atoms with Crippen LogP contribution < -0.4 is 0 Å². The summed E-state index contributed by atoms with van der Waals surface area (Å²) in [7, 11) is 0. The van der Waals surface area contributed by atoms with Crippen molar-refractivity contribution in [3.8, 4) is 0 Å². The molecule has 0 aromatic carbocycles. The minimum Gasteiger partial charge on any atom is -0.371 e. The molecule has 0 bridgehead atoms. The van der Waals surface area contributed by atoms with Gasteiger partial charge in [0.15, 0.2) is 0 Å². The number of hydrogen-bond acceptors (Lipinski definition) is 3. The zero-order chi connectivity index (χ0) is 7.40. The number of aliphatic imine (C=N–C) groups is 1. The van der Waals surface area contributed by atoms with Crippen LogP contribution in [0.3, 0.4) is 0 Å². The van der Waals surface area contributed by atoms with E-state index in [0.29, 0.717) is 13.0 Å². The molecule has 1 fully saturated rings. The highest BCUT2D eigenvalue weighted by Crippen LogP contribution is 2.19. The van der Waals surface area contributed by atoms with Crippen LogP contribution in [-0.4, -0.2) is 24.8 Å². The summed E-state index contributed by atoms with van der Waals surface area (Å²) in [5.41, 5.74) is 0. The lowest BCUT2D eigenvalue weighted by molar-refractivity contribution is 0.373. The van der Waals surface area contributed by atoms with Crippen LogP contribution in [0.25, 0.3) is 0 Å². The maximum absolute atomic E-state index is 9.84. The van der Waals surface area contributed by atoms with Crippen LogP contribution in [0.2, 0.25) is 0 Å². The maximum atomic E-state index is 9.84. The number of hydrogen-bond donors (Lipinski definition) is 0. The predicted octanol–water partition coefficient (Wildman–Crippen LogP) is 0.666. The molecule has 3 heteroatoms. The van der Waals surface area contributed by atoms with Gasteiger partial charge in [0, 0.05) is 0 Å². The van der Waals surface area contributed by atoms with Crippen molar-refractivity contribution in [2.75, 3.05) is 6.61 Å². The largest absolute Gasteiger partial charge is 0.371 e. The summed E-state index contributed by atoms with van der Waals surface area (Å²) in [4.78, 5) is 13.4. The van der Waals surface area contributed by atoms with Gasteiger partial charge in [0.1, 0.15) is 6.10 Å². The molecule has 2 unspecified atom stereocenters. The predicted molar refractivity (Wildman–Crippen MR) is 36.5 cm³/mol. The van der Waals surface area contributed by atoms with Gasteiger partial charge in [0.25, 0.3) is 0 Å². The van der Waals surface area contributed by atoms with E-state index in [-0.39, 0.29) is 12.1 Å². The number of nitrogens with zero attached hydrogens (tertiary/aromatic N) is 1. The molecule has 0 aliphatic carbocycles. The summed E-state index contributed by atoms with van der Waals surface area (Å²) < 4.78 is 4.96. The van der Waals surface area contributed by atoms with Gasteiger partial charge in [-0.1, -0.05) is 6.08 Å². The number of isocyanates is 1. The van der Waals surface area contributed by atoms with Gasteiger partial charge in [0.2, 0.25) is 6.08 Å². The molecule has 0 aromatic heterocycles. The standard InChI is InChI=1S/C7H9NO2/c1-2-3-6(8-5-9)7-4-10-7/h2,6-7H,1,3-4H2. The van der Waals surface area contributed by atoms with Crippen molar-refractivity contribution in [3.05, 3.63) is 12.7 Å². The summed E-state index contributed by atoms with van der Waals surface area (Å²) in [6.07, 6.45) is 4.08. The van der Waals surface area contributed by atoms with Gasteiger partial charge in [-0.25, -0.2) is 4.79 Å². The average molecular weight is 139 g/mol. The molecular formula is C7H9NO2. The molecule has 1 heterocycles. The van der Waals surface area contributed by atoms with Crippen molar-refractivity contribution in [3.63, 3.8) is 0 Å². The zero-order valence-electron chi connectivity index (χ0n) is 5.62. The van der Waals surface area contributed by atoms with Gasteiger partial charge in [-0.3, -0.25) is 0 Å². The van der Waals surface area contributed by atoms with E-state index in [0.717, 1.165) is 0 Å². The van der Waals surface area contributed by atoms with E-state index < -0.39 is 0 Å². The molecule has 2 atom stereocenters. The monoisotopic (exact) mass is 139 g/mol. The van der Waals surface area contributed by atoms with Gasteiger partial charge < -0.3 is 4.74 Å². The molecule has 54 valence electrons. The van der Waals surface area contributed by atoms with E-state index in [4.69, 9.17) is 4.74 Å². The second-order valence-electron chi connectivity index (χ2n) is 2.18. The third-order valence-electron chi connectivity index (χ3n) is 1.41. The van der Waals surface area contributed by atoms with Crippen LogP contribution in [0.5, 0.6) is 0 Å². The first kappa shape index (κ1) is 7.19. The lowest BCUT2D eigenvalue weighted by Crippen LogP contribution is -2.10. The quantitative estimate of drug-likeness (QED) is 0.248. The molecule has 0 spiro atoms. The molecule has 1 aliphatic heterocycles. The number of rotatable bonds is 4. The fraction of sp³-hybridized carbons (Fsp3) is 0.571. The second kappa shape index (κ2) is 3.30. The van der Waals surface area contributed by atoms with E-state index in [1.807, 2.05) is 0 Å². The fourth-order valence-electron chi connectivity index (χ4n) is 0.804. The first-order valence-corrected chi connectivity index (χ1v) is 3.18. The summed E-state index contributed by atoms with van der Waals surface area (Å²) in [6, 6.07) is -0.0463. The Balaban J connectivity index is 2.40. The summed E-state index contributed by atoms with van der Waals surface area (Å²) in [6.45, 7) is 4.26. The molecule has 0 radical (unpaired) electrons. The molecule has 0 amide bonds. The second-order valence-corrected chi connectivity index (χ2v) is 2.18. The molecule has 0 aromatic rings. The van der Waals surface area contributed by atoms with Crippen molar-refractivity contribution >= 4 is 6.08 Å². The van der Waals surface area contributed by atoms with Crippen LogP contribution in [0.1, 0.15) is 6.42 Å². The molecule has 1 rings (SSSR count). The Labute approximate surface area is 59.4 Å². The number of carbonyl (C=O) groups excluding carboxylic acids is 1. The summed E-state index contributed by atoms with van der Waals surface area (Å²) >= 11 is 0. The molecule has 1 aliphatic rings. The van der Waals surface area contributed by atoms with Crippen LogP contribution >= 0.6 is 0 Å². The first-order valence-electron chi connectivity index (χ1n) is 3.18. The Morgan fingerprint density at radius 2 is 2.70 bits per heavy atom. The Hall–Kier alpha value is -0.920. The Morgan fingerprint density at radius 1 is 2.00 bits per heavy atom. The van der Waals surface area contributed by atoms with Crippen LogP contribution in [0.15, 0.2) is 17.6 Å². The van der Waals surface area contributed by atoms with E-state index in [2.05, 4.69) is 11.6 Å². The van der Waals surface area contributed by atoms with Crippen molar-refractivity contribution in [1.29, 1.82) is 0 Å². The number of ether oxygens (including phenoxy) is 1. The molecule has 0 N–H and O–H groups in total. The van der Waals surface area contributed by atoms with E-state index in [9.17, 15) is 4.79 Å². The first-order chi connectivity index (χ1) is 4.88. The van der Waals surface area contributed by atoms with Gasteiger partial charge in [-0.05, 0) is 6.42 Å². The molecule has 10 heavy (non-hydrogen) atoms. The maximum Gasteiger partial charge on any atom is 0.235 e. The molecule has 0 saturated carbocycles. The SMILES string of the molecule is C=CCC(N=C=O)C1CO1. The highest BCUT2D eigenvalue weighted by Gasteiger charge is 2.31. The van der Waals surface area contributed by atoms with E-state index in [1.165, 1.54) is 6.08 Å². The summed E-state index contributed by atoms with van der Waals surface area (Å²) in [5.74, 6) is 0. The Kier molecular flexibility index (Phi) is 2.37. The topological polar surface area (TPSA) is 42.0 Å².